The number of carboxylic acid groups (broad SMARTS) is 3. The lowest BCUT2D eigenvalue weighted by Crippen LogP contribution is -2.61. The molecule has 29 N–H and O–H groups in total. The van der Waals surface area contributed by atoms with Gasteiger partial charge in [0.25, 0.3) is 5.69 Å². The largest absolute Gasteiger partial charge is 0.481 e. The number of amides is 13. The lowest BCUT2D eigenvalue weighted by Gasteiger charge is -2.29. The quantitative estimate of drug-likeness (QED) is 0.00959. The van der Waals surface area contributed by atoms with Crippen LogP contribution in [0.15, 0.2) is 34.3 Å². The third-order valence-corrected chi connectivity index (χ3v) is 16.9. The molecule has 44 heteroatoms. The number of rotatable bonds is 56. The topological polar surface area (TPSA) is 737 Å². The molecule has 634 valence electrons. The van der Waals surface area contributed by atoms with Crippen molar-refractivity contribution in [3.8, 4) is 0 Å². The van der Waals surface area contributed by atoms with E-state index in [0.717, 1.165) is 6.92 Å². The number of aliphatic imine (C=N–C) groups is 2. The first kappa shape index (κ1) is 99.4. The van der Waals surface area contributed by atoms with Gasteiger partial charge in [-0.05, 0) is 141 Å². The van der Waals surface area contributed by atoms with Gasteiger partial charge in [-0.3, -0.25) is 87.2 Å². The summed E-state index contributed by atoms with van der Waals surface area (Å²) in [6, 6.07) is -13.5. The first-order valence-corrected chi connectivity index (χ1v) is 37.0. The van der Waals surface area contributed by atoms with E-state index in [1.807, 2.05) is 0 Å². The van der Waals surface area contributed by atoms with Crippen LogP contribution in [0.3, 0.4) is 0 Å². The van der Waals surface area contributed by atoms with Gasteiger partial charge in [0.05, 0.1) is 16.9 Å². The highest BCUT2D eigenvalue weighted by atomic mass is 16.6. The molecule has 13 amide bonds. The van der Waals surface area contributed by atoms with Gasteiger partial charge in [0.1, 0.15) is 79.1 Å². The smallest absolute Gasteiger partial charge is 0.408 e. The van der Waals surface area contributed by atoms with Gasteiger partial charge in [-0.15, -0.1) is 0 Å². The molecule has 0 aliphatic carbocycles. The molecule has 12 atom stereocenters. The zero-order valence-corrected chi connectivity index (χ0v) is 65.0. The lowest BCUT2D eigenvalue weighted by molar-refractivity contribution is -0.385. The van der Waals surface area contributed by atoms with E-state index in [-0.39, 0.29) is 113 Å². The molecule has 0 aliphatic heterocycles. The highest BCUT2D eigenvalue weighted by Gasteiger charge is 2.38. The molecule has 0 heterocycles. The van der Waals surface area contributed by atoms with E-state index >= 15 is 0 Å². The van der Waals surface area contributed by atoms with Gasteiger partial charge < -0.3 is 124 Å². The third kappa shape index (κ3) is 40.8. The van der Waals surface area contributed by atoms with E-state index in [2.05, 4.69) is 73.8 Å². The molecule has 1 rings (SSSR count). The molecular weight excluding hydrogens is 1490 g/mol. The van der Waals surface area contributed by atoms with Gasteiger partial charge in [-0.25, -0.2) is 9.59 Å². The van der Waals surface area contributed by atoms with E-state index in [1.54, 1.807) is 27.7 Å². The number of alkyl carbamates (subject to hydrolysis) is 1. The zero-order chi connectivity index (χ0) is 85.8. The average Bonchev–Trinajstić information content (AvgIpc) is 0.861. The van der Waals surface area contributed by atoms with Gasteiger partial charge in [-0.1, -0.05) is 53.7 Å². The van der Waals surface area contributed by atoms with Crippen LogP contribution in [0, 0.1) is 27.9 Å². The first-order chi connectivity index (χ1) is 53.0. The van der Waals surface area contributed by atoms with Gasteiger partial charge in [0.2, 0.25) is 70.9 Å². The second-order valence-electron chi connectivity index (χ2n) is 27.9. The molecule has 1 aromatic rings. The van der Waals surface area contributed by atoms with Crippen molar-refractivity contribution in [2.24, 2.45) is 67.9 Å². The van der Waals surface area contributed by atoms with Crippen molar-refractivity contribution < 1.29 is 102 Å². The summed E-state index contributed by atoms with van der Waals surface area (Å²) in [5.41, 5.74) is 38.9. The summed E-state index contributed by atoms with van der Waals surface area (Å²) in [6.45, 7) is 11.7. The van der Waals surface area contributed by atoms with Crippen LogP contribution >= 0.6 is 0 Å². The SMILES string of the molecule is CC(C)C[C@H](NC(=O)[C@H](C)NC(=O)[C@H](CC(=O)O)NC(=O)[C@@H](NC(=O)[C@H](CCC(=O)O)NC(=O)[C@H](CCC(N)=O)NC(=O)[C@H](CCCN=C(N)N)NC(=O)[C@H](CCCN=C(N)N)NC(=O)[C@H](CC(C)C)NC(=O)[C@H](C)NC(=O)[C@H](CCCCN)NC(=O)[C@H](CCCCN)NC(=O)OCc1ccccc1[N+](=O)[O-])C(C)C)C(=O)O. The number of guanidine groups is 2. The standard InChI is InChI=1S/C69H116N22O22/c1-35(2)31-47(86-55(97)38(7)79-57(99)41(18-11-13-27-70)81-60(102)44(19-12-14-28-71)89-69(110)113-34-40-17-9-10-22-50(40)91(111)112)64(106)83-43(21-16-30-78-68(75)76)58(100)82-42(20-15-29-77-67(73)74)59(101)84-45(23-25-51(72)92)61(103)85-46(24-26-52(93)94)62(104)90-54(37(5)6)65(107)87-48(33-53(95)96)63(105)80-39(8)56(98)88-49(66(108)109)32-36(3)4/h9-10,17,22,35-39,41-49,54H,11-16,18-21,23-34,70-71H2,1-8H3,(H2,72,92)(H,79,99)(H,80,105)(H,81,102)(H,82,100)(H,83,106)(H,84,101)(H,85,103)(H,86,97)(H,87,107)(H,88,98)(H,89,110)(H,90,104)(H,93,94)(H,95,96)(H,108,109)(H4,73,74,77)(H4,75,76,78)/t38-,39-,41-,42-,43-,44-,45-,46-,47-,48-,49-,54-/m0/s1. The van der Waals surface area contributed by atoms with Crippen LogP contribution in [0.25, 0.3) is 0 Å². The Balaban J connectivity index is 3.73. The zero-order valence-electron chi connectivity index (χ0n) is 65.0. The van der Waals surface area contributed by atoms with Crippen LogP contribution in [-0.2, 0) is 83.3 Å². The highest BCUT2D eigenvalue weighted by molar-refractivity contribution is 6.00. The minimum atomic E-state index is -1.93. The fourth-order valence-corrected chi connectivity index (χ4v) is 10.8. The number of benzene rings is 1. The van der Waals surface area contributed by atoms with Gasteiger partial charge in [0.15, 0.2) is 11.9 Å². The molecule has 0 fully saturated rings. The predicted octanol–water partition coefficient (Wildman–Crippen LogP) is -4.63. The number of ether oxygens (including phenoxy) is 1. The van der Waals surface area contributed by atoms with Crippen molar-refractivity contribution in [1.82, 2.24) is 63.8 Å². The molecule has 0 radical (unpaired) electrons. The summed E-state index contributed by atoms with van der Waals surface area (Å²) in [5, 5.41) is 69.8. The molecule has 0 spiro atoms. The van der Waals surface area contributed by atoms with Crippen molar-refractivity contribution in [1.29, 1.82) is 0 Å². The van der Waals surface area contributed by atoms with Crippen LogP contribution in [0.5, 0.6) is 0 Å². The van der Waals surface area contributed by atoms with Crippen LogP contribution in [0.2, 0.25) is 0 Å². The molecular formula is C69H116N22O22. The summed E-state index contributed by atoms with van der Waals surface area (Å²) in [4.78, 5) is 235. The van der Waals surface area contributed by atoms with Gasteiger partial charge in [0, 0.05) is 32.0 Å². The Morgan fingerprint density at radius 1 is 0.425 bits per heavy atom. The Labute approximate surface area is 653 Å². The number of primary amides is 1. The van der Waals surface area contributed by atoms with Gasteiger partial charge in [-0.2, -0.15) is 0 Å². The summed E-state index contributed by atoms with van der Waals surface area (Å²) < 4.78 is 5.24. The molecule has 0 bridgehead atoms. The Kier molecular flexibility index (Phi) is 46.2. The maximum absolute atomic E-state index is 14.7. The van der Waals surface area contributed by atoms with E-state index < -0.39 is 217 Å². The van der Waals surface area contributed by atoms with Crippen molar-refractivity contribution in [3.05, 3.63) is 39.9 Å². The number of unbranched alkanes of at least 4 members (excludes halogenated alkanes) is 2. The number of carboxylic acids is 3. The number of carbonyl (C=O) groups is 16. The Morgan fingerprint density at radius 3 is 1.19 bits per heavy atom. The molecule has 44 nitrogen and oxygen atoms in total. The Hall–Kier alpha value is -11.6. The first-order valence-electron chi connectivity index (χ1n) is 37.0. The van der Waals surface area contributed by atoms with E-state index in [0.29, 0.717) is 25.7 Å². The van der Waals surface area contributed by atoms with Crippen molar-refractivity contribution >= 4 is 112 Å². The summed E-state index contributed by atoms with van der Waals surface area (Å²) in [5.74, 6) is -19.2. The molecule has 0 aromatic heterocycles. The summed E-state index contributed by atoms with van der Waals surface area (Å²) >= 11 is 0. The number of nitrogens with two attached hydrogens (primary N) is 7. The maximum Gasteiger partial charge on any atom is 0.408 e. The average molecular weight is 1610 g/mol. The third-order valence-electron chi connectivity index (χ3n) is 16.9. The van der Waals surface area contributed by atoms with Crippen LogP contribution in [-0.4, -0.2) is 226 Å². The Bertz CT molecular complexity index is 3460. The molecule has 113 heavy (non-hydrogen) atoms. The number of carbonyl (C=O) groups excluding carboxylic acids is 13. The van der Waals surface area contributed by atoms with E-state index in [9.17, 15) is 102 Å². The molecule has 0 saturated heterocycles. The number of nitro groups is 1. The monoisotopic (exact) mass is 1600 g/mol. The normalized spacial score (nSPS) is 14.2. The van der Waals surface area contributed by atoms with Crippen molar-refractivity contribution in [3.63, 3.8) is 0 Å². The molecule has 0 saturated carbocycles. The highest BCUT2D eigenvalue weighted by Crippen LogP contribution is 2.20. The van der Waals surface area contributed by atoms with Crippen molar-refractivity contribution in [2.45, 2.75) is 244 Å². The van der Waals surface area contributed by atoms with Crippen LogP contribution < -0.4 is 104 Å². The number of aliphatic carboxylic acids is 3. The number of nitro benzene ring substituents is 1. The molecule has 1 aromatic carbocycles. The minimum absolute atomic E-state index is 0.0132. The van der Waals surface area contributed by atoms with Crippen LogP contribution in [0.4, 0.5) is 10.5 Å². The number of nitrogens with zero attached hydrogens (tertiary/aromatic N) is 3. The lowest BCUT2D eigenvalue weighted by atomic mass is 10.0. The second kappa shape index (κ2) is 52.5. The van der Waals surface area contributed by atoms with Crippen LogP contribution in [0.1, 0.15) is 170 Å². The van der Waals surface area contributed by atoms with E-state index in [1.165, 1.54) is 45.0 Å². The number of hydrogen-bond acceptors (Lipinski definition) is 23. The fourth-order valence-electron chi connectivity index (χ4n) is 10.8. The minimum Gasteiger partial charge on any atom is -0.481 e. The molecule has 0 unspecified atom stereocenters. The Morgan fingerprint density at radius 2 is 0.788 bits per heavy atom. The number of hydrogen-bond donors (Lipinski definition) is 22. The number of para-hydroxylation sites is 1. The number of nitrogens with one attached hydrogen (secondary N) is 12. The predicted molar refractivity (Wildman–Crippen MR) is 407 cm³/mol. The maximum atomic E-state index is 14.7. The summed E-state index contributed by atoms with van der Waals surface area (Å²) in [7, 11) is 0. The van der Waals surface area contributed by atoms with Gasteiger partial charge >= 0.3 is 24.0 Å². The van der Waals surface area contributed by atoms with E-state index in [4.69, 9.17) is 44.9 Å². The second-order valence-corrected chi connectivity index (χ2v) is 27.9. The fraction of sp³-hybridized carbons (Fsp3) is 0.652. The van der Waals surface area contributed by atoms with Crippen molar-refractivity contribution in [2.75, 3.05) is 26.2 Å². The molecule has 0 aliphatic rings. The summed E-state index contributed by atoms with van der Waals surface area (Å²) in [6.07, 6.45) is -4.25.